The lowest BCUT2D eigenvalue weighted by Gasteiger charge is -2.11. The number of unbranched alkanes of at least 4 members (excludes halogenated alkanes) is 3. The van der Waals surface area contributed by atoms with Crippen molar-refractivity contribution in [1.82, 2.24) is 9.97 Å². The van der Waals surface area contributed by atoms with Gasteiger partial charge in [0.2, 0.25) is 5.88 Å². The van der Waals surface area contributed by atoms with E-state index in [-0.39, 0.29) is 6.42 Å². The predicted molar refractivity (Wildman–Crippen MR) is 157 cm³/mol. The Labute approximate surface area is 234 Å². The van der Waals surface area contributed by atoms with E-state index in [1.54, 1.807) is 0 Å². The van der Waals surface area contributed by atoms with Crippen molar-refractivity contribution < 1.29 is 19.4 Å². The molecule has 5 aromatic rings. The van der Waals surface area contributed by atoms with Gasteiger partial charge in [-0.3, -0.25) is 4.79 Å². The van der Waals surface area contributed by atoms with Crippen LogP contribution in [0.2, 0.25) is 0 Å². The molecule has 0 spiro atoms. The average Bonchev–Trinajstić information content (AvgIpc) is 3.00. The standard InChI is InChI=1S/C34H32N2O4/c37-33(38)15-9-1-2-10-20-39-30-19-18-27-21-29(17-16-28(27)22-30)34-35-31(26-13-7-4-8-14-26)23-32(36-34)40-24-25-11-5-3-6-12-25/h3-8,11-14,16-19,21-23H,1-2,9-10,15,20,24H2,(H,37,38). The largest absolute Gasteiger partial charge is 0.494 e. The zero-order valence-corrected chi connectivity index (χ0v) is 22.3. The summed E-state index contributed by atoms with van der Waals surface area (Å²) < 4.78 is 12.0. The molecule has 1 aromatic heterocycles. The lowest BCUT2D eigenvalue weighted by molar-refractivity contribution is -0.137. The number of benzene rings is 4. The van der Waals surface area contributed by atoms with Crippen LogP contribution in [0.4, 0.5) is 0 Å². The maximum absolute atomic E-state index is 10.6. The molecule has 0 amide bonds. The van der Waals surface area contributed by atoms with Crippen LogP contribution in [0.5, 0.6) is 11.6 Å². The van der Waals surface area contributed by atoms with Gasteiger partial charge in [-0.05, 0) is 47.4 Å². The zero-order chi connectivity index (χ0) is 27.6. The summed E-state index contributed by atoms with van der Waals surface area (Å²) in [6, 6.07) is 34.2. The number of carboxylic acids is 1. The van der Waals surface area contributed by atoms with Gasteiger partial charge in [0, 0.05) is 23.6 Å². The zero-order valence-electron chi connectivity index (χ0n) is 22.3. The SMILES string of the molecule is O=C(O)CCCCCCOc1ccc2cc(-c3nc(OCc4ccccc4)cc(-c4ccccc4)n3)ccc2c1. The number of hydrogen-bond donors (Lipinski definition) is 1. The van der Waals surface area contributed by atoms with Gasteiger partial charge < -0.3 is 14.6 Å². The third-order valence-corrected chi connectivity index (χ3v) is 6.63. The molecule has 202 valence electrons. The number of nitrogens with zero attached hydrogens (tertiary/aromatic N) is 2. The van der Waals surface area contributed by atoms with E-state index in [4.69, 9.17) is 24.5 Å². The normalized spacial score (nSPS) is 10.9. The Kier molecular flexibility index (Phi) is 8.99. The topological polar surface area (TPSA) is 81.5 Å². The van der Waals surface area contributed by atoms with Crippen molar-refractivity contribution in [2.75, 3.05) is 6.61 Å². The van der Waals surface area contributed by atoms with Crippen LogP contribution in [0.25, 0.3) is 33.4 Å². The molecule has 0 aliphatic rings. The summed E-state index contributed by atoms with van der Waals surface area (Å²) in [5, 5.41) is 10.9. The summed E-state index contributed by atoms with van der Waals surface area (Å²) in [5.41, 5.74) is 3.79. The van der Waals surface area contributed by atoms with E-state index in [0.717, 1.165) is 58.2 Å². The molecule has 0 radical (unpaired) electrons. The minimum Gasteiger partial charge on any atom is -0.494 e. The minimum atomic E-state index is -0.733. The predicted octanol–water partition coefficient (Wildman–Crippen LogP) is 7.96. The van der Waals surface area contributed by atoms with E-state index in [1.807, 2.05) is 84.9 Å². The van der Waals surface area contributed by atoms with Crippen LogP contribution in [0.1, 0.15) is 37.7 Å². The quantitative estimate of drug-likeness (QED) is 0.155. The van der Waals surface area contributed by atoms with Gasteiger partial charge in [-0.2, -0.15) is 4.98 Å². The van der Waals surface area contributed by atoms with Crippen molar-refractivity contribution in [3.8, 4) is 34.3 Å². The lowest BCUT2D eigenvalue weighted by atomic mass is 10.1. The molecule has 0 aliphatic carbocycles. The molecule has 1 heterocycles. The summed E-state index contributed by atoms with van der Waals surface area (Å²) in [6.45, 7) is 1.04. The van der Waals surface area contributed by atoms with E-state index in [9.17, 15) is 4.79 Å². The van der Waals surface area contributed by atoms with Crippen molar-refractivity contribution in [3.63, 3.8) is 0 Å². The van der Waals surface area contributed by atoms with Crippen LogP contribution >= 0.6 is 0 Å². The van der Waals surface area contributed by atoms with Gasteiger partial charge in [0.15, 0.2) is 5.82 Å². The summed E-state index contributed by atoms with van der Waals surface area (Å²) in [6.07, 6.45) is 3.72. The number of carbonyl (C=O) groups is 1. The first-order valence-corrected chi connectivity index (χ1v) is 13.6. The highest BCUT2D eigenvalue weighted by Gasteiger charge is 2.11. The van der Waals surface area contributed by atoms with E-state index < -0.39 is 5.97 Å². The molecule has 6 nitrogen and oxygen atoms in total. The Morgan fingerprint density at radius 1 is 0.675 bits per heavy atom. The highest BCUT2D eigenvalue weighted by atomic mass is 16.5. The number of carboxylic acid groups (broad SMARTS) is 1. The smallest absolute Gasteiger partial charge is 0.303 e. The number of ether oxygens (including phenoxy) is 2. The third kappa shape index (κ3) is 7.44. The number of fused-ring (bicyclic) bond motifs is 1. The van der Waals surface area contributed by atoms with Gasteiger partial charge in [0.25, 0.3) is 0 Å². The number of hydrogen-bond acceptors (Lipinski definition) is 5. The van der Waals surface area contributed by atoms with Gasteiger partial charge in [-0.15, -0.1) is 0 Å². The van der Waals surface area contributed by atoms with Crippen molar-refractivity contribution in [2.45, 2.75) is 38.7 Å². The monoisotopic (exact) mass is 532 g/mol. The Morgan fingerprint density at radius 3 is 2.20 bits per heavy atom. The van der Waals surface area contributed by atoms with Gasteiger partial charge in [0.1, 0.15) is 12.4 Å². The number of aliphatic carboxylic acids is 1. The van der Waals surface area contributed by atoms with Gasteiger partial charge in [-0.25, -0.2) is 4.98 Å². The molecule has 0 saturated heterocycles. The second-order valence-electron chi connectivity index (χ2n) is 9.69. The number of rotatable bonds is 13. The molecule has 0 unspecified atom stereocenters. The van der Waals surface area contributed by atoms with Crippen LogP contribution in [-0.4, -0.2) is 27.7 Å². The summed E-state index contributed by atoms with van der Waals surface area (Å²) in [4.78, 5) is 20.3. The molecule has 0 bridgehead atoms. The molecule has 5 rings (SSSR count). The Morgan fingerprint density at radius 2 is 1.40 bits per heavy atom. The fourth-order valence-electron chi connectivity index (χ4n) is 4.49. The molecule has 0 atom stereocenters. The lowest BCUT2D eigenvalue weighted by Crippen LogP contribution is -2.01. The maximum Gasteiger partial charge on any atom is 0.303 e. The Bertz CT molecular complexity index is 1560. The molecule has 1 N–H and O–H groups in total. The van der Waals surface area contributed by atoms with Gasteiger partial charge in [0.05, 0.1) is 12.3 Å². The fourth-order valence-corrected chi connectivity index (χ4v) is 4.49. The molecule has 0 aliphatic heterocycles. The Balaban J connectivity index is 1.31. The number of aromatic nitrogens is 2. The summed E-state index contributed by atoms with van der Waals surface area (Å²) in [5.74, 6) is 1.22. The first-order chi connectivity index (χ1) is 19.6. The van der Waals surface area contributed by atoms with Crippen LogP contribution in [-0.2, 0) is 11.4 Å². The first kappa shape index (κ1) is 26.9. The highest BCUT2D eigenvalue weighted by molar-refractivity contribution is 5.87. The van der Waals surface area contributed by atoms with Crippen molar-refractivity contribution in [1.29, 1.82) is 0 Å². The summed E-state index contributed by atoms with van der Waals surface area (Å²) >= 11 is 0. The van der Waals surface area contributed by atoms with Crippen molar-refractivity contribution in [2.24, 2.45) is 0 Å². The second-order valence-corrected chi connectivity index (χ2v) is 9.69. The highest BCUT2D eigenvalue weighted by Crippen LogP contribution is 2.29. The molecule has 40 heavy (non-hydrogen) atoms. The molecular formula is C34H32N2O4. The van der Waals surface area contributed by atoms with E-state index in [0.29, 0.717) is 31.3 Å². The van der Waals surface area contributed by atoms with Crippen LogP contribution in [0.3, 0.4) is 0 Å². The second kappa shape index (κ2) is 13.4. The van der Waals surface area contributed by atoms with Gasteiger partial charge in [-0.1, -0.05) is 91.7 Å². The minimum absolute atomic E-state index is 0.233. The van der Waals surface area contributed by atoms with Crippen LogP contribution in [0, 0.1) is 0 Å². The van der Waals surface area contributed by atoms with E-state index in [1.165, 1.54) is 0 Å². The molecule has 4 aromatic carbocycles. The molecule has 0 saturated carbocycles. The molecular weight excluding hydrogens is 500 g/mol. The van der Waals surface area contributed by atoms with E-state index in [2.05, 4.69) is 18.2 Å². The van der Waals surface area contributed by atoms with E-state index >= 15 is 0 Å². The third-order valence-electron chi connectivity index (χ3n) is 6.63. The van der Waals surface area contributed by atoms with Crippen LogP contribution in [0.15, 0.2) is 103 Å². The fraction of sp³-hybridized carbons (Fsp3) is 0.206. The van der Waals surface area contributed by atoms with Crippen molar-refractivity contribution >= 4 is 16.7 Å². The Hall–Kier alpha value is -4.71. The van der Waals surface area contributed by atoms with Gasteiger partial charge >= 0.3 is 5.97 Å². The first-order valence-electron chi connectivity index (χ1n) is 13.6. The average molecular weight is 533 g/mol. The van der Waals surface area contributed by atoms with Crippen molar-refractivity contribution in [3.05, 3.63) is 109 Å². The van der Waals surface area contributed by atoms with Crippen LogP contribution < -0.4 is 9.47 Å². The maximum atomic E-state index is 10.6. The molecule has 6 heteroatoms. The summed E-state index contributed by atoms with van der Waals surface area (Å²) in [7, 11) is 0. The molecule has 0 fully saturated rings.